The SMILES string of the molecule is COc1ccc(NS(=O)(=O)c2ccc(NC(=O)N3CCCCC3)cc2)cc1Cl. The first-order chi connectivity index (χ1) is 13.4. The number of piperidine rings is 1. The number of nitrogens with one attached hydrogen (secondary N) is 2. The number of sulfonamides is 1. The van der Waals surface area contributed by atoms with Crippen LogP contribution in [0.25, 0.3) is 0 Å². The van der Waals surface area contributed by atoms with E-state index in [1.165, 1.54) is 25.3 Å². The summed E-state index contributed by atoms with van der Waals surface area (Å²) in [5, 5.41) is 3.10. The van der Waals surface area contributed by atoms with Gasteiger partial charge in [-0.25, -0.2) is 13.2 Å². The van der Waals surface area contributed by atoms with Gasteiger partial charge in [-0.15, -0.1) is 0 Å². The van der Waals surface area contributed by atoms with E-state index in [-0.39, 0.29) is 10.9 Å². The van der Waals surface area contributed by atoms with Gasteiger partial charge in [-0.1, -0.05) is 11.6 Å². The van der Waals surface area contributed by atoms with Crippen LogP contribution in [0.15, 0.2) is 47.4 Å². The first kappa shape index (κ1) is 20.3. The summed E-state index contributed by atoms with van der Waals surface area (Å²) in [5.41, 5.74) is 0.871. The maximum atomic E-state index is 12.6. The van der Waals surface area contributed by atoms with Gasteiger partial charge in [0.05, 0.1) is 22.7 Å². The van der Waals surface area contributed by atoms with Gasteiger partial charge in [-0.2, -0.15) is 0 Å². The number of rotatable bonds is 5. The Morgan fingerprint density at radius 1 is 1.04 bits per heavy atom. The molecule has 2 aromatic carbocycles. The minimum atomic E-state index is -3.79. The van der Waals surface area contributed by atoms with Crippen LogP contribution < -0.4 is 14.8 Å². The molecule has 0 spiro atoms. The molecular weight excluding hydrogens is 402 g/mol. The number of ether oxygens (including phenoxy) is 1. The molecule has 1 fully saturated rings. The van der Waals surface area contributed by atoms with Crippen LogP contribution in [-0.2, 0) is 10.0 Å². The second-order valence-corrected chi connectivity index (χ2v) is 8.55. The molecule has 0 saturated carbocycles. The molecule has 0 radical (unpaired) electrons. The van der Waals surface area contributed by atoms with Crippen LogP contribution >= 0.6 is 11.6 Å². The molecule has 0 aliphatic carbocycles. The topological polar surface area (TPSA) is 87.7 Å². The Hall–Kier alpha value is -2.45. The van der Waals surface area contributed by atoms with Gasteiger partial charge in [0.15, 0.2) is 0 Å². The fourth-order valence-corrected chi connectivity index (χ4v) is 4.27. The van der Waals surface area contributed by atoms with E-state index in [0.29, 0.717) is 22.1 Å². The zero-order valence-corrected chi connectivity index (χ0v) is 17.0. The third-order valence-electron chi connectivity index (χ3n) is 4.46. The first-order valence-electron chi connectivity index (χ1n) is 8.91. The zero-order valence-electron chi connectivity index (χ0n) is 15.4. The van der Waals surface area contributed by atoms with Crippen molar-refractivity contribution in [1.29, 1.82) is 0 Å². The number of carbonyl (C=O) groups is 1. The van der Waals surface area contributed by atoms with Crippen LogP contribution in [0.3, 0.4) is 0 Å². The highest BCUT2D eigenvalue weighted by atomic mass is 35.5. The quantitative estimate of drug-likeness (QED) is 0.755. The molecule has 1 saturated heterocycles. The van der Waals surface area contributed by atoms with E-state index in [4.69, 9.17) is 16.3 Å². The highest BCUT2D eigenvalue weighted by molar-refractivity contribution is 7.92. The number of methoxy groups -OCH3 is 1. The molecule has 0 bridgehead atoms. The zero-order chi connectivity index (χ0) is 20.1. The molecule has 0 atom stereocenters. The molecule has 2 aromatic rings. The van der Waals surface area contributed by atoms with E-state index in [2.05, 4.69) is 10.0 Å². The van der Waals surface area contributed by atoms with Gasteiger partial charge in [-0.3, -0.25) is 4.72 Å². The van der Waals surface area contributed by atoms with Crippen molar-refractivity contribution in [2.45, 2.75) is 24.2 Å². The van der Waals surface area contributed by atoms with Gasteiger partial charge < -0.3 is 15.0 Å². The van der Waals surface area contributed by atoms with Crippen LogP contribution in [-0.4, -0.2) is 39.5 Å². The largest absolute Gasteiger partial charge is 0.495 e. The maximum Gasteiger partial charge on any atom is 0.321 e. The summed E-state index contributed by atoms with van der Waals surface area (Å²) in [5.74, 6) is 0.457. The highest BCUT2D eigenvalue weighted by Gasteiger charge is 2.18. The van der Waals surface area contributed by atoms with E-state index in [1.54, 1.807) is 29.2 Å². The number of halogens is 1. The Morgan fingerprint density at radius 3 is 2.29 bits per heavy atom. The second-order valence-electron chi connectivity index (χ2n) is 6.46. The number of carbonyl (C=O) groups excluding carboxylic acids is 1. The Kier molecular flexibility index (Phi) is 6.31. The lowest BCUT2D eigenvalue weighted by Gasteiger charge is -2.26. The second kappa shape index (κ2) is 8.70. The molecule has 28 heavy (non-hydrogen) atoms. The van der Waals surface area contributed by atoms with Crippen LogP contribution in [0.4, 0.5) is 16.2 Å². The van der Waals surface area contributed by atoms with Crippen molar-refractivity contribution < 1.29 is 17.9 Å². The molecule has 1 aliphatic heterocycles. The average Bonchev–Trinajstić information content (AvgIpc) is 2.69. The number of hydrogen-bond donors (Lipinski definition) is 2. The fraction of sp³-hybridized carbons (Fsp3) is 0.316. The van der Waals surface area contributed by atoms with Gasteiger partial charge >= 0.3 is 6.03 Å². The molecule has 9 heteroatoms. The van der Waals surface area contributed by atoms with Crippen molar-refractivity contribution in [2.75, 3.05) is 30.2 Å². The van der Waals surface area contributed by atoms with Crippen LogP contribution in [0.2, 0.25) is 5.02 Å². The summed E-state index contributed by atoms with van der Waals surface area (Å²) in [6, 6.07) is 10.5. The molecule has 7 nitrogen and oxygen atoms in total. The summed E-state index contributed by atoms with van der Waals surface area (Å²) < 4.78 is 32.7. The lowest BCUT2D eigenvalue weighted by Crippen LogP contribution is -2.38. The number of nitrogens with zero attached hydrogens (tertiary/aromatic N) is 1. The number of likely N-dealkylation sites (tertiary alicyclic amines) is 1. The molecule has 1 aliphatic rings. The minimum absolute atomic E-state index is 0.0791. The molecule has 2 amide bonds. The van der Waals surface area contributed by atoms with Crippen LogP contribution in [0, 0.1) is 0 Å². The van der Waals surface area contributed by atoms with Crippen LogP contribution in [0.1, 0.15) is 19.3 Å². The third kappa shape index (κ3) is 4.88. The number of urea groups is 1. The minimum Gasteiger partial charge on any atom is -0.495 e. The lowest BCUT2D eigenvalue weighted by molar-refractivity contribution is 0.200. The highest BCUT2D eigenvalue weighted by Crippen LogP contribution is 2.28. The molecule has 0 aromatic heterocycles. The van der Waals surface area contributed by atoms with E-state index in [1.807, 2.05) is 0 Å². The van der Waals surface area contributed by atoms with Crippen molar-refractivity contribution in [1.82, 2.24) is 4.90 Å². The Labute approximate surface area is 169 Å². The first-order valence-corrected chi connectivity index (χ1v) is 10.8. The monoisotopic (exact) mass is 423 g/mol. The van der Waals surface area contributed by atoms with E-state index in [9.17, 15) is 13.2 Å². The predicted octanol–water partition coefficient (Wildman–Crippen LogP) is 4.17. The van der Waals surface area contributed by atoms with Crippen molar-refractivity contribution in [2.24, 2.45) is 0 Å². The van der Waals surface area contributed by atoms with Crippen molar-refractivity contribution in [3.63, 3.8) is 0 Å². The van der Waals surface area contributed by atoms with Crippen molar-refractivity contribution in [3.05, 3.63) is 47.5 Å². The molecule has 3 rings (SSSR count). The maximum absolute atomic E-state index is 12.6. The summed E-state index contributed by atoms with van der Waals surface area (Å²) in [6.45, 7) is 1.49. The van der Waals surface area contributed by atoms with E-state index >= 15 is 0 Å². The van der Waals surface area contributed by atoms with Gasteiger partial charge in [0, 0.05) is 18.8 Å². The average molecular weight is 424 g/mol. The summed E-state index contributed by atoms with van der Waals surface area (Å²) in [7, 11) is -2.31. The van der Waals surface area contributed by atoms with Gasteiger partial charge in [-0.05, 0) is 61.7 Å². The number of amides is 2. The van der Waals surface area contributed by atoms with Gasteiger partial charge in [0.1, 0.15) is 5.75 Å². The number of benzene rings is 2. The lowest BCUT2D eigenvalue weighted by atomic mass is 10.1. The van der Waals surface area contributed by atoms with Gasteiger partial charge in [0.25, 0.3) is 10.0 Å². The Bertz CT molecular complexity index is 942. The summed E-state index contributed by atoms with van der Waals surface area (Å²) in [4.78, 5) is 14.1. The predicted molar refractivity (Wildman–Crippen MR) is 110 cm³/mol. The van der Waals surface area contributed by atoms with E-state index < -0.39 is 10.0 Å². The van der Waals surface area contributed by atoms with Crippen LogP contribution in [0.5, 0.6) is 5.75 Å². The third-order valence-corrected chi connectivity index (χ3v) is 6.16. The smallest absolute Gasteiger partial charge is 0.321 e. The normalized spacial score (nSPS) is 14.4. The molecule has 0 unspecified atom stereocenters. The fourth-order valence-electron chi connectivity index (χ4n) is 2.96. The van der Waals surface area contributed by atoms with Crippen molar-refractivity contribution in [3.8, 4) is 5.75 Å². The van der Waals surface area contributed by atoms with Gasteiger partial charge in [0.2, 0.25) is 0 Å². The Morgan fingerprint density at radius 2 is 1.68 bits per heavy atom. The summed E-state index contributed by atoms with van der Waals surface area (Å²) >= 11 is 6.03. The standard InChI is InChI=1S/C19H22ClN3O4S/c1-27-18-10-7-15(13-17(18)20)22-28(25,26)16-8-5-14(6-9-16)21-19(24)23-11-3-2-4-12-23/h5-10,13,22H,2-4,11-12H2,1H3,(H,21,24). The molecule has 1 heterocycles. The number of anilines is 2. The number of hydrogen-bond acceptors (Lipinski definition) is 4. The van der Waals surface area contributed by atoms with E-state index in [0.717, 1.165) is 32.4 Å². The summed E-state index contributed by atoms with van der Waals surface area (Å²) in [6.07, 6.45) is 3.15. The molecule has 150 valence electrons. The van der Waals surface area contributed by atoms with Crippen molar-refractivity contribution >= 4 is 39.0 Å². The Balaban J connectivity index is 1.67. The molecular formula is C19H22ClN3O4S. The molecule has 2 N–H and O–H groups in total.